The maximum atomic E-state index is 6.13. The third-order valence-electron chi connectivity index (χ3n) is 2.83. The van der Waals surface area contributed by atoms with Gasteiger partial charge in [0.15, 0.2) is 0 Å². The van der Waals surface area contributed by atoms with Gasteiger partial charge >= 0.3 is 0 Å². The maximum Gasteiger partial charge on any atom is 0.205 e. The summed E-state index contributed by atoms with van der Waals surface area (Å²) in [6.45, 7) is 6.77. The molecule has 0 saturated heterocycles. The summed E-state index contributed by atoms with van der Waals surface area (Å²) in [5.74, 6) is 0. The second-order valence-corrected chi connectivity index (χ2v) is 6.13. The maximum absolute atomic E-state index is 6.13. The van der Waals surface area contributed by atoms with Gasteiger partial charge in [0, 0.05) is 0 Å². The first kappa shape index (κ1) is 10.3. The standard InChI is InChI=1S/C10H21OSi/c1-4-10(11-12(2)3)8-6-5-7-9-10/h4-9H2,1-3H3. The van der Waals surface area contributed by atoms with Crippen LogP contribution in [0.15, 0.2) is 0 Å². The van der Waals surface area contributed by atoms with Gasteiger partial charge in [-0.05, 0) is 32.4 Å². The zero-order valence-electron chi connectivity index (χ0n) is 8.65. The predicted octanol–water partition coefficient (Wildman–Crippen LogP) is 3.37. The Hall–Kier alpha value is 0.177. The van der Waals surface area contributed by atoms with Crippen LogP contribution >= 0.6 is 0 Å². The van der Waals surface area contributed by atoms with Crippen LogP contribution in [-0.2, 0) is 4.43 Å². The molecular weight excluding hydrogens is 164 g/mol. The van der Waals surface area contributed by atoms with E-state index in [2.05, 4.69) is 20.0 Å². The molecular formula is C10H21OSi. The van der Waals surface area contributed by atoms with Gasteiger partial charge in [0.2, 0.25) is 9.04 Å². The van der Waals surface area contributed by atoms with Crippen molar-refractivity contribution >= 4 is 9.04 Å². The lowest BCUT2D eigenvalue weighted by molar-refractivity contribution is 0.0252. The SMILES string of the molecule is CCC1(O[Si](C)C)CCCCC1. The van der Waals surface area contributed by atoms with E-state index >= 15 is 0 Å². The van der Waals surface area contributed by atoms with Crippen LogP contribution in [0.2, 0.25) is 13.1 Å². The molecule has 1 rings (SSSR count). The van der Waals surface area contributed by atoms with E-state index in [4.69, 9.17) is 4.43 Å². The molecule has 0 aromatic rings. The van der Waals surface area contributed by atoms with Crippen molar-refractivity contribution in [2.75, 3.05) is 0 Å². The molecule has 0 aromatic carbocycles. The summed E-state index contributed by atoms with van der Waals surface area (Å²) < 4.78 is 6.13. The van der Waals surface area contributed by atoms with Crippen LogP contribution in [0.5, 0.6) is 0 Å². The van der Waals surface area contributed by atoms with Crippen molar-refractivity contribution in [3.05, 3.63) is 0 Å². The van der Waals surface area contributed by atoms with Crippen LogP contribution in [0.3, 0.4) is 0 Å². The molecule has 0 atom stereocenters. The molecule has 0 amide bonds. The Kier molecular flexibility index (Phi) is 3.78. The monoisotopic (exact) mass is 185 g/mol. The van der Waals surface area contributed by atoms with Gasteiger partial charge in [-0.2, -0.15) is 0 Å². The Balaban J connectivity index is 2.48. The summed E-state index contributed by atoms with van der Waals surface area (Å²) in [4.78, 5) is 0. The van der Waals surface area contributed by atoms with Crippen molar-refractivity contribution < 1.29 is 4.43 Å². The Morgan fingerprint density at radius 3 is 2.17 bits per heavy atom. The molecule has 1 aliphatic rings. The topological polar surface area (TPSA) is 9.23 Å². The highest BCUT2D eigenvalue weighted by Gasteiger charge is 2.31. The molecule has 12 heavy (non-hydrogen) atoms. The highest BCUT2D eigenvalue weighted by molar-refractivity contribution is 6.48. The molecule has 0 spiro atoms. The molecule has 0 aliphatic heterocycles. The van der Waals surface area contributed by atoms with Crippen LogP contribution in [-0.4, -0.2) is 14.6 Å². The van der Waals surface area contributed by atoms with Crippen LogP contribution in [0.25, 0.3) is 0 Å². The average molecular weight is 185 g/mol. The van der Waals surface area contributed by atoms with Crippen molar-refractivity contribution in [3.63, 3.8) is 0 Å². The van der Waals surface area contributed by atoms with Crippen LogP contribution in [0.1, 0.15) is 45.4 Å². The molecule has 1 fully saturated rings. The minimum Gasteiger partial charge on any atom is -0.412 e. The second-order valence-electron chi connectivity index (χ2n) is 4.11. The lowest BCUT2D eigenvalue weighted by atomic mass is 9.83. The molecule has 0 N–H and O–H groups in total. The van der Waals surface area contributed by atoms with E-state index in [0.29, 0.717) is 0 Å². The number of hydrogen-bond acceptors (Lipinski definition) is 1. The quantitative estimate of drug-likeness (QED) is 0.613. The molecule has 0 heterocycles. The van der Waals surface area contributed by atoms with Crippen LogP contribution in [0, 0.1) is 0 Å². The molecule has 71 valence electrons. The summed E-state index contributed by atoms with van der Waals surface area (Å²) in [5.41, 5.74) is 0.288. The van der Waals surface area contributed by atoms with E-state index in [1.54, 1.807) is 0 Å². The molecule has 1 aliphatic carbocycles. The lowest BCUT2D eigenvalue weighted by Crippen LogP contribution is -2.38. The van der Waals surface area contributed by atoms with Crippen molar-refractivity contribution in [1.82, 2.24) is 0 Å². The number of hydrogen-bond donors (Lipinski definition) is 0. The van der Waals surface area contributed by atoms with E-state index in [9.17, 15) is 0 Å². The molecule has 0 bridgehead atoms. The first-order valence-corrected chi connectivity index (χ1v) is 7.58. The lowest BCUT2D eigenvalue weighted by Gasteiger charge is -2.38. The fraction of sp³-hybridized carbons (Fsp3) is 1.00. The van der Waals surface area contributed by atoms with Crippen molar-refractivity contribution in [2.24, 2.45) is 0 Å². The largest absolute Gasteiger partial charge is 0.412 e. The third-order valence-corrected chi connectivity index (χ3v) is 3.67. The van der Waals surface area contributed by atoms with Gasteiger partial charge in [0.05, 0.1) is 5.60 Å². The molecule has 1 nitrogen and oxygen atoms in total. The van der Waals surface area contributed by atoms with E-state index in [0.717, 1.165) is 0 Å². The fourth-order valence-electron chi connectivity index (χ4n) is 2.16. The van der Waals surface area contributed by atoms with Gasteiger partial charge in [-0.1, -0.05) is 26.2 Å². The summed E-state index contributed by atoms with van der Waals surface area (Å²) in [6.07, 6.45) is 7.99. The highest BCUT2D eigenvalue weighted by Crippen LogP contribution is 2.34. The summed E-state index contributed by atoms with van der Waals surface area (Å²) in [5, 5.41) is 0. The Morgan fingerprint density at radius 1 is 1.17 bits per heavy atom. The van der Waals surface area contributed by atoms with Gasteiger partial charge in [0.1, 0.15) is 0 Å². The zero-order valence-corrected chi connectivity index (χ0v) is 9.65. The first-order chi connectivity index (χ1) is 5.68. The van der Waals surface area contributed by atoms with Crippen molar-refractivity contribution in [2.45, 2.75) is 64.1 Å². The highest BCUT2D eigenvalue weighted by atomic mass is 28.3. The van der Waals surface area contributed by atoms with E-state index in [1.165, 1.54) is 38.5 Å². The molecule has 2 heteroatoms. The zero-order chi connectivity index (χ0) is 9.03. The van der Waals surface area contributed by atoms with E-state index in [1.807, 2.05) is 0 Å². The van der Waals surface area contributed by atoms with Crippen LogP contribution < -0.4 is 0 Å². The second kappa shape index (κ2) is 4.42. The average Bonchev–Trinajstić information content (AvgIpc) is 2.05. The van der Waals surface area contributed by atoms with Gasteiger partial charge in [-0.3, -0.25) is 0 Å². The van der Waals surface area contributed by atoms with E-state index < -0.39 is 9.04 Å². The van der Waals surface area contributed by atoms with Gasteiger partial charge < -0.3 is 4.43 Å². The Bertz CT molecular complexity index is 128. The minimum absolute atomic E-state index is 0.288. The molecule has 0 unspecified atom stereocenters. The molecule has 1 saturated carbocycles. The van der Waals surface area contributed by atoms with Crippen molar-refractivity contribution in [3.8, 4) is 0 Å². The van der Waals surface area contributed by atoms with Crippen LogP contribution in [0.4, 0.5) is 0 Å². The Labute approximate surface area is 78.2 Å². The summed E-state index contributed by atoms with van der Waals surface area (Å²) in [7, 11) is -0.503. The molecule has 1 radical (unpaired) electrons. The first-order valence-electron chi connectivity index (χ1n) is 5.18. The third kappa shape index (κ3) is 2.59. The predicted molar refractivity (Wildman–Crippen MR) is 54.7 cm³/mol. The van der Waals surface area contributed by atoms with Gasteiger partial charge in [-0.15, -0.1) is 0 Å². The van der Waals surface area contributed by atoms with E-state index in [-0.39, 0.29) is 5.60 Å². The summed E-state index contributed by atoms with van der Waals surface area (Å²) >= 11 is 0. The normalized spacial score (nSPS) is 23.0. The smallest absolute Gasteiger partial charge is 0.205 e. The van der Waals surface area contributed by atoms with Gasteiger partial charge in [0.25, 0.3) is 0 Å². The minimum atomic E-state index is -0.503. The molecule has 0 aromatic heterocycles. The fourth-order valence-corrected chi connectivity index (χ4v) is 3.37. The Morgan fingerprint density at radius 2 is 1.75 bits per heavy atom. The van der Waals surface area contributed by atoms with Gasteiger partial charge in [-0.25, -0.2) is 0 Å². The number of rotatable bonds is 3. The van der Waals surface area contributed by atoms with Crippen molar-refractivity contribution in [1.29, 1.82) is 0 Å². The summed E-state index contributed by atoms with van der Waals surface area (Å²) in [6, 6.07) is 0.